The van der Waals surface area contributed by atoms with Crippen LogP contribution in [0.25, 0.3) is 0 Å². The lowest BCUT2D eigenvalue weighted by Crippen LogP contribution is -2.40. The largest absolute Gasteiger partial charge is 0.481 e. The van der Waals surface area contributed by atoms with Crippen LogP contribution < -0.4 is 0 Å². The number of rotatable bonds is 4. The van der Waals surface area contributed by atoms with E-state index in [4.69, 9.17) is 5.11 Å². The number of piperidine rings is 1. The lowest BCUT2D eigenvalue weighted by atomic mass is 9.99. The molecule has 1 heterocycles. The van der Waals surface area contributed by atoms with Crippen molar-refractivity contribution in [3.63, 3.8) is 0 Å². The Morgan fingerprint density at radius 2 is 1.87 bits per heavy atom. The van der Waals surface area contributed by atoms with Crippen molar-refractivity contribution in [2.45, 2.75) is 17.7 Å². The number of esters is 1. The predicted molar refractivity (Wildman–Crippen MR) is 76.9 cm³/mol. The van der Waals surface area contributed by atoms with Gasteiger partial charge in [-0.1, -0.05) is 0 Å². The molecule has 0 aliphatic carbocycles. The number of ether oxygens (including phenoxy) is 1. The molecule has 0 saturated carbocycles. The first-order valence-corrected chi connectivity index (χ1v) is 8.31. The fraction of sp³-hybridized carbons (Fsp3) is 0.429. The van der Waals surface area contributed by atoms with E-state index in [9.17, 15) is 22.4 Å². The number of halogens is 1. The van der Waals surface area contributed by atoms with Crippen molar-refractivity contribution in [3.05, 3.63) is 29.6 Å². The molecule has 0 radical (unpaired) electrons. The van der Waals surface area contributed by atoms with Crippen LogP contribution in [0.15, 0.2) is 23.1 Å². The van der Waals surface area contributed by atoms with Crippen molar-refractivity contribution in [3.8, 4) is 0 Å². The molecule has 0 spiro atoms. The summed E-state index contributed by atoms with van der Waals surface area (Å²) in [5, 5.41) is 8.94. The summed E-state index contributed by atoms with van der Waals surface area (Å²) < 4.78 is 44.3. The third-order valence-electron chi connectivity index (χ3n) is 3.73. The van der Waals surface area contributed by atoms with E-state index in [0.717, 1.165) is 29.6 Å². The first-order valence-electron chi connectivity index (χ1n) is 6.87. The third kappa shape index (κ3) is 3.67. The van der Waals surface area contributed by atoms with Gasteiger partial charge in [-0.25, -0.2) is 17.6 Å². The summed E-state index contributed by atoms with van der Waals surface area (Å²) in [6.07, 6.45) is 0.376. The van der Waals surface area contributed by atoms with E-state index in [0.29, 0.717) is 0 Å². The molecule has 1 saturated heterocycles. The quantitative estimate of drug-likeness (QED) is 0.820. The van der Waals surface area contributed by atoms with Gasteiger partial charge in [-0.05, 0) is 31.0 Å². The van der Waals surface area contributed by atoms with E-state index in [1.54, 1.807) is 0 Å². The molecule has 1 aromatic carbocycles. The Morgan fingerprint density at radius 3 is 2.39 bits per heavy atom. The van der Waals surface area contributed by atoms with Crippen LogP contribution in [-0.4, -0.2) is 50.0 Å². The van der Waals surface area contributed by atoms with E-state index in [-0.39, 0.29) is 36.4 Å². The van der Waals surface area contributed by atoms with Gasteiger partial charge in [0.05, 0.1) is 23.5 Å². The van der Waals surface area contributed by atoms with Gasteiger partial charge in [0.1, 0.15) is 5.82 Å². The Kier molecular flexibility index (Phi) is 5.00. The zero-order valence-corrected chi connectivity index (χ0v) is 13.2. The summed E-state index contributed by atoms with van der Waals surface area (Å²) in [5.41, 5.74) is -0.202. The average molecular weight is 345 g/mol. The lowest BCUT2D eigenvalue weighted by molar-refractivity contribution is -0.142. The molecule has 1 aliphatic heterocycles. The van der Waals surface area contributed by atoms with Gasteiger partial charge in [0.15, 0.2) is 0 Å². The first-order chi connectivity index (χ1) is 10.8. The molecule has 0 amide bonds. The minimum atomic E-state index is -4.01. The molecule has 9 heteroatoms. The standard InChI is InChI=1S/C14H16FNO6S/c1-22-14(19)10-6-11(15)8-12(7-10)23(20,21)16-4-2-9(3-5-16)13(17)18/h6-9H,2-5H2,1H3,(H,17,18). The highest BCUT2D eigenvalue weighted by atomic mass is 32.2. The summed E-state index contributed by atoms with van der Waals surface area (Å²) in [7, 11) is -2.90. The molecule has 126 valence electrons. The number of carbonyl (C=O) groups excluding carboxylic acids is 1. The third-order valence-corrected chi connectivity index (χ3v) is 5.61. The minimum absolute atomic E-state index is 0.0311. The fourth-order valence-corrected chi connectivity index (χ4v) is 3.97. The van der Waals surface area contributed by atoms with E-state index in [1.165, 1.54) is 0 Å². The second-order valence-corrected chi connectivity index (χ2v) is 7.12. The van der Waals surface area contributed by atoms with Crippen molar-refractivity contribution in [2.24, 2.45) is 5.92 Å². The summed E-state index contributed by atoms with van der Waals surface area (Å²) in [5.74, 6) is -3.25. The molecule has 0 aromatic heterocycles. The van der Waals surface area contributed by atoms with Crippen LogP contribution in [0.2, 0.25) is 0 Å². The van der Waals surface area contributed by atoms with E-state index < -0.39 is 33.7 Å². The van der Waals surface area contributed by atoms with Gasteiger partial charge in [0.2, 0.25) is 10.0 Å². The van der Waals surface area contributed by atoms with Gasteiger partial charge in [-0.2, -0.15) is 4.31 Å². The average Bonchev–Trinajstić information content (AvgIpc) is 2.53. The maximum absolute atomic E-state index is 13.6. The number of nitrogens with zero attached hydrogens (tertiary/aromatic N) is 1. The van der Waals surface area contributed by atoms with Crippen LogP contribution in [-0.2, 0) is 19.6 Å². The number of carbonyl (C=O) groups is 2. The van der Waals surface area contributed by atoms with Crippen molar-refractivity contribution in [1.29, 1.82) is 0 Å². The Balaban J connectivity index is 2.28. The van der Waals surface area contributed by atoms with Gasteiger partial charge in [0.25, 0.3) is 0 Å². The highest BCUT2D eigenvalue weighted by Gasteiger charge is 2.32. The Bertz CT molecular complexity index is 725. The van der Waals surface area contributed by atoms with Crippen LogP contribution in [0.5, 0.6) is 0 Å². The molecule has 2 rings (SSSR count). The zero-order valence-electron chi connectivity index (χ0n) is 12.4. The molecule has 0 bridgehead atoms. The second kappa shape index (κ2) is 6.63. The minimum Gasteiger partial charge on any atom is -0.481 e. The van der Waals surface area contributed by atoms with Crippen LogP contribution in [0.3, 0.4) is 0 Å². The number of benzene rings is 1. The molecule has 1 aromatic rings. The Hall–Kier alpha value is -2.00. The maximum Gasteiger partial charge on any atom is 0.337 e. The zero-order chi connectivity index (χ0) is 17.2. The van der Waals surface area contributed by atoms with Crippen molar-refractivity contribution in [1.82, 2.24) is 4.31 Å². The lowest BCUT2D eigenvalue weighted by Gasteiger charge is -2.29. The smallest absolute Gasteiger partial charge is 0.337 e. The van der Waals surface area contributed by atoms with Gasteiger partial charge in [-0.3, -0.25) is 4.79 Å². The molecule has 1 fully saturated rings. The number of carboxylic acids is 1. The molecule has 1 aliphatic rings. The van der Waals surface area contributed by atoms with Gasteiger partial charge in [-0.15, -0.1) is 0 Å². The first kappa shape index (κ1) is 17.4. The number of hydrogen-bond donors (Lipinski definition) is 1. The summed E-state index contributed by atoms with van der Waals surface area (Å²) in [6.45, 7) is 0.0622. The van der Waals surface area contributed by atoms with Crippen LogP contribution in [0.4, 0.5) is 4.39 Å². The number of methoxy groups -OCH3 is 1. The summed E-state index contributed by atoms with van der Waals surface area (Å²) in [4.78, 5) is 22.0. The van der Waals surface area contributed by atoms with Gasteiger partial charge < -0.3 is 9.84 Å². The van der Waals surface area contributed by atoms with Gasteiger partial charge in [0, 0.05) is 13.1 Å². The number of aliphatic carboxylic acids is 1. The molecule has 7 nitrogen and oxygen atoms in total. The van der Waals surface area contributed by atoms with E-state index in [2.05, 4.69) is 4.74 Å². The van der Waals surface area contributed by atoms with Crippen LogP contribution in [0.1, 0.15) is 23.2 Å². The number of hydrogen-bond acceptors (Lipinski definition) is 5. The molecule has 23 heavy (non-hydrogen) atoms. The molecular formula is C14H16FNO6S. The topological polar surface area (TPSA) is 101 Å². The van der Waals surface area contributed by atoms with Crippen molar-refractivity contribution < 1.29 is 32.2 Å². The number of sulfonamides is 1. The highest BCUT2D eigenvalue weighted by molar-refractivity contribution is 7.89. The van der Waals surface area contributed by atoms with E-state index in [1.807, 2.05) is 0 Å². The SMILES string of the molecule is COC(=O)c1cc(F)cc(S(=O)(=O)N2CCC(C(=O)O)CC2)c1. The van der Waals surface area contributed by atoms with Gasteiger partial charge >= 0.3 is 11.9 Å². The number of carboxylic acid groups (broad SMARTS) is 1. The molecule has 0 unspecified atom stereocenters. The van der Waals surface area contributed by atoms with Crippen LogP contribution in [0, 0.1) is 11.7 Å². The monoisotopic (exact) mass is 345 g/mol. The Labute approximate surface area is 132 Å². The predicted octanol–water partition coefficient (Wildman–Crippen LogP) is 1.10. The molecule has 1 N–H and O–H groups in total. The molecule has 0 atom stereocenters. The van der Waals surface area contributed by atoms with E-state index >= 15 is 0 Å². The van der Waals surface area contributed by atoms with Crippen molar-refractivity contribution >= 4 is 22.0 Å². The fourth-order valence-electron chi connectivity index (χ4n) is 2.44. The normalized spacial score (nSPS) is 17.0. The molecular weight excluding hydrogens is 329 g/mol. The summed E-state index contributed by atoms with van der Waals surface area (Å²) in [6, 6.07) is 2.76. The van der Waals surface area contributed by atoms with Crippen LogP contribution >= 0.6 is 0 Å². The highest BCUT2D eigenvalue weighted by Crippen LogP contribution is 2.25. The maximum atomic E-state index is 13.6. The summed E-state index contributed by atoms with van der Waals surface area (Å²) >= 11 is 0. The van der Waals surface area contributed by atoms with Crippen molar-refractivity contribution in [2.75, 3.05) is 20.2 Å². The Morgan fingerprint density at radius 1 is 1.26 bits per heavy atom. The second-order valence-electron chi connectivity index (χ2n) is 5.18.